The van der Waals surface area contributed by atoms with Gasteiger partial charge in [0, 0.05) is 42.3 Å². The number of carbonyl (C=O) groups is 2. The zero-order valence-electron chi connectivity index (χ0n) is 19.3. The number of amides is 2. The summed E-state index contributed by atoms with van der Waals surface area (Å²) in [5.74, 6) is 0.316. The maximum absolute atomic E-state index is 14.8. The van der Waals surface area contributed by atoms with Gasteiger partial charge in [0.25, 0.3) is 5.91 Å². The predicted molar refractivity (Wildman–Crippen MR) is 132 cm³/mol. The molecular formula is C26H27ClFN5O2. The molecule has 0 radical (unpaired) electrons. The second-order valence-corrected chi connectivity index (χ2v) is 9.62. The summed E-state index contributed by atoms with van der Waals surface area (Å²) in [7, 11) is 0. The first-order valence-electron chi connectivity index (χ1n) is 12.1. The van der Waals surface area contributed by atoms with Gasteiger partial charge in [0.1, 0.15) is 11.6 Å². The number of aryl methyl sites for hydroxylation is 1. The Kier molecular flexibility index (Phi) is 6.81. The summed E-state index contributed by atoms with van der Waals surface area (Å²) in [6.45, 7) is 1.69. The summed E-state index contributed by atoms with van der Waals surface area (Å²) in [4.78, 5) is 27.7. The maximum atomic E-state index is 14.8. The fourth-order valence-corrected chi connectivity index (χ4v) is 4.98. The number of nitrogens with one attached hydrogen (secondary N) is 1. The van der Waals surface area contributed by atoms with E-state index in [1.165, 1.54) is 6.07 Å². The van der Waals surface area contributed by atoms with Crippen LogP contribution in [0.2, 0.25) is 5.02 Å². The van der Waals surface area contributed by atoms with E-state index in [0.29, 0.717) is 47.2 Å². The van der Waals surface area contributed by atoms with Gasteiger partial charge in [-0.05, 0) is 68.1 Å². The van der Waals surface area contributed by atoms with Crippen molar-refractivity contribution in [2.75, 3.05) is 18.4 Å². The fraction of sp³-hybridized carbons (Fsp3) is 0.385. The van der Waals surface area contributed by atoms with Crippen LogP contribution >= 0.6 is 11.6 Å². The lowest BCUT2D eigenvalue weighted by molar-refractivity contribution is -0.121. The molecule has 7 nitrogen and oxygen atoms in total. The van der Waals surface area contributed by atoms with Crippen molar-refractivity contribution in [2.45, 2.75) is 45.1 Å². The second-order valence-electron chi connectivity index (χ2n) is 9.18. The molecule has 9 heteroatoms. The van der Waals surface area contributed by atoms with Crippen LogP contribution in [0.1, 0.15) is 48.3 Å². The topological polar surface area (TPSA) is 80.1 Å². The Morgan fingerprint density at radius 1 is 1.00 bits per heavy atom. The molecule has 2 amide bonds. The Morgan fingerprint density at radius 3 is 2.66 bits per heavy atom. The first kappa shape index (κ1) is 23.5. The van der Waals surface area contributed by atoms with E-state index >= 15 is 0 Å². The summed E-state index contributed by atoms with van der Waals surface area (Å²) in [6.07, 6.45) is 5.41. The number of hydrogen-bond acceptors (Lipinski definition) is 4. The van der Waals surface area contributed by atoms with Crippen molar-refractivity contribution in [1.29, 1.82) is 0 Å². The van der Waals surface area contributed by atoms with Crippen molar-refractivity contribution in [3.05, 3.63) is 64.7 Å². The smallest absolute Gasteiger partial charge is 0.253 e. The van der Waals surface area contributed by atoms with Crippen molar-refractivity contribution in [1.82, 2.24) is 19.7 Å². The van der Waals surface area contributed by atoms with Crippen LogP contribution in [0.3, 0.4) is 0 Å². The van der Waals surface area contributed by atoms with Gasteiger partial charge < -0.3 is 14.8 Å². The van der Waals surface area contributed by atoms with E-state index in [2.05, 4.69) is 15.5 Å². The molecule has 3 aromatic rings. The molecule has 0 spiro atoms. The van der Waals surface area contributed by atoms with Gasteiger partial charge in [0.2, 0.25) is 5.91 Å². The molecule has 3 heterocycles. The Balaban J connectivity index is 1.30. The first-order valence-corrected chi connectivity index (χ1v) is 12.4. The summed E-state index contributed by atoms with van der Waals surface area (Å²) in [6, 6.07) is 11.3. The Morgan fingerprint density at radius 2 is 1.83 bits per heavy atom. The highest BCUT2D eigenvalue weighted by Crippen LogP contribution is 2.28. The quantitative estimate of drug-likeness (QED) is 0.555. The monoisotopic (exact) mass is 495 g/mol. The number of fused-ring (bicyclic) bond motifs is 1. The molecule has 1 N–H and O–H groups in total. The van der Waals surface area contributed by atoms with Crippen LogP contribution in [0.15, 0.2) is 42.5 Å². The lowest BCUT2D eigenvalue weighted by atomic mass is 9.96. The number of halogens is 2. The van der Waals surface area contributed by atoms with Gasteiger partial charge >= 0.3 is 0 Å². The van der Waals surface area contributed by atoms with Gasteiger partial charge in [-0.15, -0.1) is 10.2 Å². The molecule has 1 atom stereocenters. The predicted octanol–water partition coefficient (Wildman–Crippen LogP) is 4.95. The van der Waals surface area contributed by atoms with Crippen molar-refractivity contribution < 1.29 is 14.0 Å². The van der Waals surface area contributed by atoms with Crippen LogP contribution < -0.4 is 5.32 Å². The van der Waals surface area contributed by atoms with Crippen LogP contribution in [-0.2, 0) is 17.8 Å². The molecule has 2 aromatic carbocycles. The summed E-state index contributed by atoms with van der Waals surface area (Å²) in [5.41, 5.74) is 1.37. The zero-order valence-corrected chi connectivity index (χ0v) is 20.1. The largest absolute Gasteiger partial charge is 0.338 e. The minimum absolute atomic E-state index is 0.115. The summed E-state index contributed by atoms with van der Waals surface area (Å²) >= 11 is 5.93. The number of benzene rings is 2. The molecule has 1 aromatic heterocycles. The standard InChI is InChI=1S/C26H27ClFN5O2/c27-19-9-7-17(8-10-19)26(35)32-13-4-5-18(16-32)25(34)29-20-11-12-22(28)21(15-20)24-31-30-23-6-2-1-3-14-33(23)24/h7-12,15,18H,1-6,13-14,16H2,(H,29,34). The fourth-order valence-electron chi connectivity index (χ4n) is 4.85. The van der Waals surface area contributed by atoms with E-state index in [0.717, 1.165) is 44.5 Å². The van der Waals surface area contributed by atoms with Crippen LogP contribution in [0.5, 0.6) is 0 Å². The average molecular weight is 496 g/mol. The van der Waals surface area contributed by atoms with Crippen LogP contribution in [-0.4, -0.2) is 44.6 Å². The lowest BCUT2D eigenvalue weighted by Gasteiger charge is -2.32. The summed E-state index contributed by atoms with van der Waals surface area (Å²) in [5, 5.41) is 12.0. The number of hydrogen-bond donors (Lipinski definition) is 1. The molecule has 2 aliphatic heterocycles. The molecule has 1 unspecified atom stereocenters. The Labute approximate surface area is 208 Å². The van der Waals surface area contributed by atoms with E-state index < -0.39 is 5.82 Å². The van der Waals surface area contributed by atoms with E-state index in [1.807, 2.05) is 4.57 Å². The minimum Gasteiger partial charge on any atom is -0.338 e. The molecule has 2 aliphatic rings. The third-order valence-electron chi connectivity index (χ3n) is 6.75. The van der Waals surface area contributed by atoms with Gasteiger partial charge in [0.05, 0.1) is 11.5 Å². The van der Waals surface area contributed by atoms with E-state index in [4.69, 9.17) is 11.6 Å². The van der Waals surface area contributed by atoms with Gasteiger partial charge in [0.15, 0.2) is 5.82 Å². The van der Waals surface area contributed by atoms with Gasteiger partial charge in [-0.25, -0.2) is 4.39 Å². The van der Waals surface area contributed by atoms with Crippen LogP contribution in [0.25, 0.3) is 11.4 Å². The van der Waals surface area contributed by atoms with Crippen LogP contribution in [0.4, 0.5) is 10.1 Å². The highest BCUT2D eigenvalue weighted by molar-refractivity contribution is 6.30. The van der Waals surface area contributed by atoms with Gasteiger partial charge in [-0.3, -0.25) is 9.59 Å². The molecule has 5 rings (SSSR count). The van der Waals surface area contributed by atoms with E-state index in [-0.39, 0.29) is 17.7 Å². The number of piperidine rings is 1. The number of aromatic nitrogens is 3. The summed E-state index contributed by atoms with van der Waals surface area (Å²) < 4.78 is 16.8. The van der Waals surface area contributed by atoms with Gasteiger partial charge in [-0.1, -0.05) is 18.0 Å². The number of rotatable bonds is 4. The molecule has 0 aliphatic carbocycles. The molecule has 0 saturated carbocycles. The highest BCUT2D eigenvalue weighted by Gasteiger charge is 2.29. The Bertz CT molecular complexity index is 1240. The van der Waals surface area contributed by atoms with Crippen molar-refractivity contribution >= 4 is 29.1 Å². The van der Waals surface area contributed by atoms with Crippen molar-refractivity contribution in [3.63, 3.8) is 0 Å². The van der Waals surface area contributed by atoms with Crippen molar-refractivity contribution in [3.8, 4) is 11.4 Å². The third kappa shape index (κ3) is 5.07. The lowest BCUT2D eigenvalue weighted by Crippen LogP contribution is -2.43. The maximum Gasteiger partial charge on any atom is 0.253 e. The van der Waals surface area contributed by atoms with Crippen molar-refractivity contribution in [2.24, 2.45) is 5.92 Å². The zero-order chi connectivity index (χ0) is 24.4. The number of carbonyl (C=O) groups excluding carboxylic acids is 2. The van der Waals surface area contributed by atoms with Crippen LogP contribution in [0, 0.1) is 11.7 Å². The minimum atomic E-state index is -0.403. The van der Waals surface area contributed by atoms with Gasteiger partial charge in [-0.2, -0.15) is 0 Å². The van der Waals surface area contributed by atoms with E-state index in [9.17, 15) is 14.0 Å². The average Bonchev–Trinajstić information content (AvgIpc) is 3.12. The number of likely N-dealkylation sites (tertiary alicyclic amines) is 1. The molecule has 182 valence electrons. The number of nitrogens with zero attached hydrogens (tertiary/aromatic N) is 4. The SMILES string of the molecule is O=C(Nc1ccc(F)c(-c2nnc3n2CCCCC3)c1)C1CCCN(C(=O)c2ccc(Cl)cc2)C1. The van der Waals surface area contributed by atoms with E-state index in [1.54, 1.807) is 41.3 Å². The molecule has 1 fully saturated rings. The highest BCUT2D eigenvalue weighted by atomic mass is 35.5. The molecule has 35 heavy (non-hydrogen) atoms. The third-order valence-corrected chi connectivity index (χ3v) is 7.01. The second kappa shape index (κ2) is 10.2. The Hall–Kier alpha value is -3.26. The number of anilines is 1. The molecule has 1 saturated heterocycles. The molecule has 0 bridgehead atoms. The molecular weight excluding hydrogens is 469 g/mol. The first-order chi connectivity index (χ1) is 17.0. The normalized spacial score (nSPS) is 18.0.